The predicted molar refractivity (Wildman–Crippen MR) is 196 cm³/mol. The number of unbranched alkanes of at least 4 members (excludes halogenated alkanes) is 5. The minimum atomic E-state index is -0.303. The van der Waals surface area contributed by atoms with Crippen molar-refractivity contribution in [1.82, 2.24) is 4.90 Å². The van der Waals surface area contributed by atoms with E-state index in [0.717, 1.165) is 77.2 Å². The molecular formula is C38H73N3O9. The fraction of sp³-hybridized carbons (Fsp3) is 0.895. The largest absolute Gasteiger partial charge is 0.466 e. The molecule has 0 bridgehead atoms. The normalized spacial score (nSPS) is 12.4. The summed E-state index contributed by atoms with van der Waals surface area (Å²) in [6, 6.07) is 0. The van der Waals surface area contributed by atoms with E-state index in [1.807, 2.05) is 0 Å². The van der Waals surface area contributed by atoms with E-state index in [9.17, 15) is 19.2 Å². The van der Waals surface area contributed by atoms with Gasteiger partial charge in [-0.1, -0.05) is 33.1 Å². The minimum absolute atomic E-state index is 0.140. The zero-order valence-electron chi connectivity index (χ0n) is 31.7. The molecule has 12 heteroatoms. The number of aliphatic hydroxyl groups excluding tert-OH is 1. The van der Waals surface area contributed by atoms with Gasteiger partial charge in [-0.25, -0.2) is 0 Å². The Kier molecular flexibility index (Phi) is 33.5. The van der Waals surface area contributed by atoms with Gasteiger partial charge >= 0.3 is 23.9 Å². The third kappa shape index (κ3) is 32.9. The molecule has 0 heterocycles. The Bertz CT molecular complexity index is 846. The molecule has 0 aliphatic rings. The van der Waals surface area contributed by atoms with E-state index in [0.29, 0.717) is 96.2 Å². The summed E-state index contributed by atoms with van der Waals surface area (Å²) >= 11 is 0. The van der Waals surface area contributed by atoms with Gasteiger partial charge in [-0.15, -0.1) is 0 Å². The summed E-state index contributed by atoms with van der Waals surface area (Å²) in [6.07, 6.45) is 15.2. The summed E-state index contributed by atoms with van der Waals surface area (Å²) < 4.78 is 21.3. The Morgan fingerprint density at radius 3 is 1.32 bits per heavy atom. The maximum absolute atomic E-state index is 12.3. The lowest BCUT2D eigenvalue weighted by Crippen LogP contribution is -2.30. The first-order valence-electron chi connectivity index (χ1n) is 19.6. The number of esters is 4. The van der Waals surface area contributed by atoms with Crippen LogP contribution in [0.4, 0.5) is 0 Å². The van der Waals surface area contributed by atoms with Gasteiger partial charge in [-0.3, -0.25) is 19.2 Å². The number of carbonyl (C=O) groups excluding carboxylic acids is 4. The molecule has 50 heavy (non-hydrogen) atoms. The standard InChI is InChI=1S/C38H73N3O9/c1-33(17-13-23-39)15-4-5-19-35(43)47-29-8-10-31-49-37(45)21-26-41(25-6-3-7-28-42)27-22-38(46)50-32-11-9-30-48-36(44)20-12-16-34(2)18-14-24-40/h33-34,42H,3-32,39-40H2,1-2H3. The smallest absolute Gasteiger partial charge is 0.307 e. The average Bonchev–Trinajstić information content (AvgIpc) is 3.10. The molecule has 0 aromatic heterocycles. The Morgan fingerprint density at radius 1 is 0.480 bits per heavy atom. The predicted octanol–water partition coefficient (Wildman–Crippen LogP) is 5.45. The van der Waals surface area contributed by atoms with E-state index >= 15 is 0 Å². The Labute approximate surface area is 303 Å². The van der Waals surface area contributed by atoms with Crippen LogP contribution in [-0.2, 0) is 38.1 Å². The molecule has 0 spiro atoms. The number of hydrogen-bond donors (Lipinski definition) is 3. The molecule has 12 nitrogen and oxygen atoms in total. The zero-order chi connectivity index (χ0) is 37.1. The molecule has 0 aliphatic carbocycles. The Hall–Kier alpha value is -2.28. The van der Waals surface area contributed by atoms with E-state index in [-0.39, 0.29) is 56.5 Å². The molecule has 0 rings (SSSR count). The van der Waals surface area contributed by atoms with Gasteiger partial charge in [0.05, 0.1) is 39.3 Å². The summed E-state index contributed by atoms with van der Waals surface area (Å²) in [7, 11) is 0. The van der Waals surface area contributed by atoms with Gasteiger partial charge in [0.1, 0.15) is 0 Å². The van der Waals surface area contributed by atoms with Crippen molar-refractivity contribution >= 4 is 23.9 Å². The highest BCUT2D eigenvalue weighted by atomic mass is 16.5. The van der Waals surface area contributed by atoms with Crippen molar-refractivity contribution in [2.24, 2.45) is 23.3 Å². The topological polar surface area (TPSA) is 181 Å². The highest BCUT2D eigenvalue weighted by Gasteiger charge is 2.13. The van der Waals surface area contributed by atoms with E-state index < -0.39 is 0 Å². The van der Waals surface area contributed by atoms with Crippen LogP contribution < -0.4 is 11.5 Å². The number of carbonyl (C=O) groups is 4. The molecule has 0 fully saturated rings. The molecule has 0 aliphatic heterocycles. The first kappa shape index (κ1) is 47.7. The van der Waals surface area contributed by atoms with Crippen LogP contribution in [0.1, 0.15) is 142 Å². The van der Waals surface area contributed by atoms with E-state index in [2.05, 4.69) is 18.7 Å². The molecule has 2 atom stereocenters. The molecule has 0 aromatic rings. The molecule has 0 radical (unpaired) electrons. The third-order valence-electron chi connectivity index (χ3n) is 8.73. The minimum Gasteiger partial charge on any atom is -0.466 e. The van der Waals surface area contributed by atoms with Gasteiger partial charge in [-0.2, -0.15) is 0 Å². The number of nitrogens with two attached hydrogens (primary N) is 2. The lowest BCUT2D eigenvalue weighted by molar-refractivity contribution is -0.147. The molecule has 294 valence electrons. The monoisotopic (exact) mass is 716 g/mol. The average molecular weight is 716 g/mol. The SMILES string of the molecule is CC(CCCN)CCCCC(=O)OCCCCOC(=O)CCN(CCCCCO)CCC(=O)OCCCCOC(=O)CCCC(C)CCCN. The van der Waals surface area contributed by atoms with Crippen LogP contribution in [-0.4, -0.2) is 99.6 Å². The Balaban J connectivity index is 4.06. The highest BCUT2D eigenvalue weighted by Crippen LogP contribution is 2.15. The maximum Gasteiger partial charge on any atom is 0.307 e. The molecule has 2 unspecified atom stereocenters. The molecule has 0 saturated heterocycles. The lowest BCUT2D eigenvalue weighted by atomic mass is 9.98. The van der Waals surface area contributed by atoms with E-state index in [4.69, 9.17) is 35.5 Å². The second-order valence-electron chi connectivity index (χ2n) is 13.6. The van der Waals surface area contributed by atoms with Crippen LogP contribution in [0.5, 0.6) is 0 Å². The number of aliphatic hydroxyl groups is 1. The summed E-state index contributed by atoms with van der Waals surface area (Å²) in [5.74, 6) is 0.230. The fourth-order valence-electron chi connectivity index (χ4n) is 5.48. The fourth-order valence-corrected chi connectivity index (χ4v) is 5.48. The van der Waals surface area contributed by atoms with Gasteiger partial charge in [0.15, 0.2) is 0 Å². The second kappa shape index (κ2) is 35.1. The summed E-state index contributed by atoms with van der Waals surface area (Å²) in [5.41, 5.74) is 11.1. The van der Waals surface area contributed by atoms with Crippen molar-refractivity contribution in [3.63, 3.8) is 0 Å². The van der Waals surface area contributed by atoms with Gasteiger partial charge < -0.3 is 40.4 Å². The summed E-state index contributed by atoms with van der Waals surface area (Å²) in [5, 5.41) is 9.08. The summed E-state index contributed by atoms with van der Waals surface area (Å²) in [6.45, 7) is 8.79. The van der Waals surface area contributed by atoms with Crippen molar-refractivity contribution in [3.8, 4) is 0 Å². The van der Waals surface area contributed by atoms with Gasteiger partial charge in [0.25, 0.3) is 0 Å². The van der Waals surface area contributed by atoms with Crippen LogP contribution in [0.15, 0.2) is 0 Å². The second-order valence-corrected chi connectivity index (χ2v) is 13.6. The number of hydrogen-bond acceptors (Lipinski definition) is 12. The molecule has 0 saturated carbocycles. The van der Waals surface area contributed by atoms with E-state index in [1.54, 1.807) is 0 Å². The van der Waals surface area contributed by atoms with Crippen LogP contribution in [0.2, 0.25) is 0 Å². The first-order chi connectivity index (χ1) is 24.2. The van der Waals surface area contributed by atoms with Gasteiger partial charge in [0.2, 0.25) is 0 Å². The van der Waals surface area contributed by atoms with Crippen LogP contribution in [0.3, 0.4) is 0 Å². The van der Waals surface area contributed by atoms with Crippen LogP contribution >= 0.6 is 0 Å². The van der Waals surface area contributed by atoms with Gasteiger partial charge in [0, 0.05) is 32.5 Å². The molecule has 0 aromatic carbocycles. The lowest BCUT2D eigenvalue weighted by Gasteiger charge is -2.21. The molecule has 0 amide bonds. The van der Waals surface area contributed by atoms with Crippen molar-refractivity contribution in [3.05, 3.63) is 0 Å². The zero-order valence-corrected chi connectivity index (χ0v) is 31.7. The molecule has 5 N–H and O–H groups in total. The maximum atomic E-state index is 12.3. The number of nitrogens with zero attached hydrogens (tertiary/aromatic N) is 1. The number of rotatable bonds is 36. The van der Waals surface area contributed by atoms with Crippen molar-refractivity contribution < 1.29 is 43.2 Å². The molecular weight excluding hydrogens is 642 g/mol. The highest BCUT2D eigenvalue weighted by molar-refractivity contribution is 5.70. The quantitative estimate of drug-likeness (QED) is 0.0425. The first-order valence-corrected chi connectivity index (χ1v) is 19.6. The van der Waals surface area contributed by atoms with Crippen molar-refractivity contribution in [1.29, 1.82) is 0 Å². The Morgan fingerprint density at radius 2 is 0.880 bits per heavy atom. The van der Waals surface area contributed by atoms with E-state index in [1.165, 1.54) is 0 Å². The summed E-state index contributed by atoms with van der Waals surface area (Å²) in [4.78, 5) is 50.6. The van der Waals surface area contributed by atoms with Crippen molar-refractivity contribution in [2.75, 3.05) is 65.8 Å². The third-order valence-corrected chi connectivity index (χ3v) is 8.73. The number of ether oxygens (including phenoxy) is 4. The van der Waals surface area contributed by atoms with Crippen molar-refractivity contribution in [2.45, 2.75) is 142 Å². The van der Waals surface area contributed by atoms with Crippen LogP contribution in [0.25, 0.3) is 0 Å². The van der Waals surface area contributed by atoms with Gasteiger partial charge in [-0.05, 0) is 115 Å². The van der Waals surface area contributed by atoms with Crippen LogP contribution in [0, 0.1) is 11.8 Å².